The van der Waals surface area contributed by atoms with Crippen LogP contribution in [-0.4, -0.2) is 42.5 Å². The molecule has 1 aromatic carbocycles. The SMILES string of the molecule is CC(C)c1n[nH]c2c1CN(C(=O)Cn1nnc3ccccc3c1=O)CC2. The van der Waals surface area contributed by atoms with E-state index in [0.29, 0.717) is 29.9 Å². The number of carbonyl (C=O) groups is 1. The van der Waals surface area contributed by atoms with E-state index in [1.165, 1.54) is 0 Å². The van der Waals surface area contributed by atoms with Gasteiger partial charge in [-0.2, -0.15) is 5.10 Å². The van der Waals surface area contributed by atoms with Crippen LogP contribution in [0.1, 0.15) is 36.7 Å². The largest absolute Gasteiger partial charge is 0.336 e. The van der Waals surface area contributed by atoms with E-state index in [0.717, 1.165) is 28.1 Å². The molecule has 1 N–H and O–H groups in total. The Morgan fingerprint density at radius 1 is 1.31 bits per heavy atom. The van der Waals surface area contributed by atoms with Crippen LogP contribution in [0.2, 0.25) is 0 Å². The van der Waals surface area contributed by atoms with Crippen LogP contribution in [0.5, 0.6) is 0 Å². The number of nitrogens with one attached hydrogen (secondary N) is 1. The summed E-state index contributed by atoms with van der Waals surface area (Å²) in [7, 11) is 0. The van der Waals surface area contributed by atoms with Gasteiger partial charge in [0.25, 0.3) is 5.56 Å². The molecular weight excluding hydrogens is 332 g/mol. The molecule has 0 aliphatic carbocycles. The van der Waals surface area contributed by atoms with Crippen LogP contribution < -0.4 is 5.56 Å². The molecule has 4 rings (SSSR count). The molecule has 1 amide bonds. The van der Waals surface area contributed by atoms with Gasteiger partial charge in [0.1, 0.15) is 12.1 Å². The molecule has 26 heavy (non-hydrogen) atoms. The average molecular weight is 352 g/mol. The number of nitrogens with zero attached hydrogens (tertiary/aromatic N) is 5. The first-order valence-corrected chi connectivity index (χ1v) is 8.71. The molecular formula is C18H20N6O2. The lowest BCUT2D eigenvalue weighted by Gasteiger charge is -2.27. The zero-order chi connectivity index (χ0) is 18.3. The molecule has 0 fully saturated rings. The van der Waals surface area contributed by atoms with E-state index in [2.05, 4.69) is 34.4 Å². The van der Waals surface area contributed by atoms with Gasteiger partial charge in [-0.15, -0.1) is 5.10 Å². The van der Waals surface area contributed by atoms with Gasteiger partial charge in [-0.05, 0) is 18.1 Å². The van der Waals surface area contributed by atoms with E-state index in [4.69, 9.17) is 0 Å². The highest BCUT2D eigenvalue weighted by Crippen LogP contribution is 2.25. The summed E-state index contributed by atoms with van der Waals surface area (Å²) < 4.78 is 1.14. The number of rotatable bonds is 3. The predicted octanol–water partition coefficient (Wildman–Crippen LogP) is 1.22. The number of hydrogen-bond acceptors (Lipinski definition) is 5. The number of amides is 1. The first kappa shape index (κ1) is 16.4. The highest BCUT2D eigenvalue weighted by atomic mass is 16.2. The number of H-pyrrole nitrogens is 1. The quantitative estimate of drug-likeness (QED) is 0.764. The van der Waals surface area contributed by atoms with Gasteiger partial charge in [0.05, 0.1) is 11.1 Å². The molecule has 0 saturated carbocycles. The molecule has 8 nitrogen and oxygen atoms in total. The van der Waals surface area contributed by atoms with Crippen molar-refractivity contribution in [3.8, 4) is 0 Å². The van der Waals surface area contributed by atoms with Crippen molar-refractivity contribution in [1.29, 1.82) is 0 Å². The fourth-order valence-electron chi connectivity index (χ4n) is 3.36. The highest BCUT2D eigenvalue weighted by molar-refractivity contribution is 5.78. The van der Waals surface area contributed by atoms with Crippen molar-refractivity contribution in [3.05, 3.63) is 51.6 Å². The normalized spacial score (nSPS) is 14.0. The monoisotopic (exact) mass is 352 g/mol. The van der Waals surface area contributed by atoms with E-state index in [-0.39, 0.29) is 18.0 Å². The maximum absolute atomic E-state index is 12.7. The van der Waals surface area contributed by atoms with Crippen molar-refractivity contribution >= 4 is 16.8 Å². The Labute approximate surface area is 149 Å². The Bertz CT molecular complexity index is 1040. The molecule has 0 bridgehead atoms. The van der Waals surface area contributed by atoms with Gasteiger partial charge < -0.3 is 4.90 Å². The molecule has 0 spiro atoms. The zero-order valence-corrected chi connectivity index (χ0v) is 14.8. The average Bonchev–Trinajstić information content (AvgIpc) is 3.07. The van der Waals surface area contributed by atoms with Crippen LogP contribution in [0.25, 0.3) is 10.9 Å². The van der Waals surface area contributed by atoms with Gasteiger partial charge in [0, 0.05) is 30.8 Å². The van der Waals surface area contributed by atoms with Gasteiger partial charge >= 0.3 is 0 Å². The highest BCUT2D eigenvalue weighted by Gasteiger charge is 2.26. The van der Waals surface area contributed by atoms with E-state index < -0.39 is 0 Å². The van der Waals surface area contributed by atoms with Crippen molar-refractivity contribution in [2.75, 3.05) is 6.54 Å². The summed E-state index contributed by atoms with van der Waals surface area (Å²) in [5, 5.41) is 15.9. The molecule has 8 heteroatoms. The Hall–Kier alpha value is -3.03. The lowest BCUT2D eigenvalue weighted by Crippen LogP contribution is -2.40. The maximum atomic E-state index is 12.7. The number of carbonyl (C=O) groups excluding carboxylic acids is 1. The fraction of sp³-hybridized carbons (Fsp3) is 0.389. The Kier molecular flexibility index (Phi) is 4.02. The van der Waals surface area contributed by atoms with Crippen molar-refractivity contribution in [3.63, 3.8) is 0 Å². The number of aromatic nitrogens is 5. The van der Waals surface area contributed by atoms with E-state index in [1.54, 1.807) is 29.2 Å². The third-order valence-electron chi connectivity index (χ3n) is 4.78. The topological polar surface area (TPSA) is 96.8 Å². The smallest absolute Gasteiger partial charge is 0.278 e. The minimum atomic E-state index is -0.298. The Balaban J connectivity index is 1.57. The molecule has 1 aliphatic heterocycles. The van der Waals surface area contributed by atoms with Crippen molar-refractivity contribution < 1.29 is 4.79 Å². The van der Waals surface area contributed by atoms with Crippen molar-refractivity contribution in [2.24, 2.45) is 0 Å². The number of benzene rings is 1. The van der Waals surface area contributed by atoms with Crippen LogP contribution in [0, 0.1) is 0 Å². The molecule has 2 aromatic heterocycles. The standard InChI is InChI=1S/C18H20N6O2/c1-11(2)17-13-9-23(8-7-15(13)19-21-17)16(25)10-24-18(26)12-5-3-4-6-14(12)20-22-24/h3-6,11H,7-10H2,1-2H3,(H,19,21). The molecule has 1 aliphatic rings. The summed E-state index contributed by atoms with van der Waals surface area (Å²) in [5.41, 5.74) is 3.42. The van der Waals surface area contributed by atoms with Gasteiger partial charge in [-0.1, -0.05) is 31.2 Å². The summed E-state index contributed by atoms with van der Waals surface area (Å²) in [6.07, 6.45) is 0.735. The van der Waals surface area contributed by atoms with Gasteiger partial charge in [-0.25, -0.2) is 4.68 Å². The number of aromatic amines is 1. The molecule has 0 saturated heterocycles. The molecule has 0 radical (unpaired) electrons. The fourth-order valence-corrected chi connectivity index (χ4v) is 3.36. The second-order valence-electron chi connectivity index (χ2n) is 6.86. The van der Waals surface area contributed by atoms with E-state index >= 15 is 0 Å². The molecule has 0 atom stereocenters. The molecule has 134 valence electrons. The number of hydrogen-bond donors (Lipinski definition) is 1. The second kappa shape index (κ2) is 6.36. The molecule has 3 heterocycles. The van der Waals surface area contributed by atoms with Crippen molar-refractivity contribution in [1.82, 2.24) is 30.1 Å². The van der Waals surface area contributed by atoms with Gasteiger partial charge in [0.2, 0.25) is 5.91 Å². The van der Waals surface area contributed by atoms with Crippen LogP contribution in [0.4, 0.5) is 0 Å². The third-order valence-corrected chi connectivity index (χ3v) is 4.78. The van der Waals surface area contributed by atoms with Crippen LogP contribution in [0.15, 0.2) is 29.1 Å². The third kappa shape index (κ3) is 2.77. The van der Waals surface area contributed by atoms with Gasteiger partial charge in [0.15, 0.2) is 0 Å². The molecule has 0 unspecified atom stereocenters. The van der Waals surface area contributed by atoms with Crippen LogP contribution in [-0.2, 0) is 24.3 Å². The minimum absolute atomic E-state index is 0.110. The summed E-state index contributed by atoms with van der Waals surface area (Å²) in [4.78, 5) is 27.0. The lowest BCUT2D eigenvalue weighted by atomic mass is 9.99. The summed E-state index contributed by atoms with van der Waals surface area (Å²) in [6, 6.07) is 7.00. The maximum Gasteiger partial charge on any atom is 0.278 e. The second-order valence-corrected chi connectivity index (χ2v) is 6.86. The summed E-state index contributed by atoms with van der Waals surface area (Å²) in [6.45, 7) is 5.17. The first-order chi connectivity index (χ1) is 12.5. The number of fused-ring (bicyclic) bond motifs is 2. The molecule has 3 aromatic rings. The van der Waals surface area contributed by atoms with E-state index in [1.807, 2.05) is 0 Å². The summed E-state index contributed by atoms with van der Waals surface area (Å²) >= 11 is 0. The predicted molar refractivity (Wildman–Crippen MR) is 95.6 cm³/mol. The van der Waals surface area contributed by atoms with Gasteiger partial charge in [-0.3, -0.25) is 14.7 Å². The van der Waals surface area contributed by atoms with Crippen molar-refractivity contribution in [2.45, 2.75) is 39.3 Å². The van der Waals surface area contributed by atoms with Crippen LogP contribution in [0.3, 0.4) is 0 Å². The Morgan fingerprint density at radius 3 is 2.92 bits per heavy atom. The summed E-state index contributed by atoms with van der Waals surface area (Å²) in [5.74, 6) is 0.150. The van der Waals surface area contributed by atoms with Crippen LogP contribution >= 0.6 is 0 Å². The lowest BCUT2D eigenvalue weighted by molar-refractivity contribution is -0.133. The first-order valence-electron chi connectivity index (χ1n) is 8.71. The minimum Gasteiger partial charge on any atom is -0.336 e. The zero-order valence-electron chi connectivity index (χ0n) is 14.8. The van der Waals surface area contributed by atoms with E-state index in [9.17, 15) is 9.59 Å². The Morgan fingerprint density at radius 2 is 2.12 bits per heavy atom.